The van der Waals surface area contributed by atoms with Gasteiger partial charge in [-0.3, -0.25) is 0 Å². The SMILES string of the molecule is CC1CC(C)(C)N(I)C(C)(C)C1. The van der Waals surface area contributed by atoms with Crippen LogP contribution in [0.1, 0.15) is 47.5 Å². The maximum atomic E-state index is 2.50. The molecule has 1 aliphatic rings. The summed E-state index contributed by atoms with van der Waals surface area (Å²) in [5.41, 5.74) is 0.726. The number of rotatable bonds is 0. The van der Waals surface area contributed by atoms with Gasteiger partial charge in [-0.2, -0.15) is 0 Å². The zero-order chi connectivity index (χ0) is 9.57. The van der Waals surface area contributed by atoms with Crippen LogP contribution >= 0.6 is 22.9 Å². The van der Waals surface area contributed by atoms with Gasteiger partial charge >= 0.3 is 0 Å². The molecule has 1 heterocycles. The number of halogens is 1. The summed E-state index contributed by atoms with van der Waals surface area (Å²) in [6.45, 7) is 11.7. The Balaban J connectivity index is 2.84. The van der Waals surface area contributed by atoms with E-state index in [4.69, 9.17) is 0 Å². The molecule has 1 rings (SSSR count). The van der Waals surface area contributed by atoms with Gasteiger partial charge in [0, 0.05) is 33.9 Å². The maximum absolute atomic E-state index is 2.50. The van der Waals surface area contributed by atoms with Crippen molar-refractivity contribution in [2.45, 2.75) is 58.5 Å². The van der Waals surface area contributed by atoms with Crippen LogP contribution in [0.3, 0.4) is 0 Å². The van der Waals surface area contributed by atoms with Gasteiger partial charge in [0.05, 0.1) is 0 Å². The second-order valence-electron chi connectivity index (χ2n) is 5.42. The smallest absolute Gasteiger partial charge is 0.0257 e. The van der Waals surface area contributed by atoms with Crippen LogP contribution in [0.15, 0.2) is 0 Å². The molecule has 2 heteroatoms. The highest BCUT2D eigenvalue weighted by molar-refractivity contribution is 14.1. The summed E-state index contributed by atoms with van der Waals surface area (Å²) in [7, 11) is 0. The Hall–Kier alpha value is 0.690. The zero-order valence-electron chi connectivity index (χ0n) is 8.82. The molecule has 0 amide bonds. The summed E-state index contributed by atoms with van der Waals surface area (Å²) in [6, 6.07) is 0. The summed E-state index contributed by atoms with van der Waals surface area (Å²) in [4.78, 5) is 0. The molecule has 1 nitrogen and oxygen atoms in total. The van der Waals surface area contributed by atoms with E-state index in [1.54, 1.807) is 0 Å². The van der Waals surface area contributed by atoms with Crippen LogP contribution in [0.5, 0.6) is 0 Å². The van der Waals surface area contributed by atoms with Crippen LogP contribution in [0, 0.1) is 5.92 Å². The van der Waals surface area contributed by atoms with E-state index in [0.29, 0.717) is 11.1 Å². The molecule has 12 heavy (non-hydrogen) atoms. The van der Waals surface area contributed by atoms with Crippen molar-refractivity contribution in [3.8, 4) is 0 Å². The first-order valence-corrected chi connectivity index (χ1v) is 5.68. The van der Waals surface area contributed by atoms with E-state index in [1.165, 1.54) is 12.8 Å². The fourth-order valence-electron chi connectivity index (χ4n) is 2.76. The van der Waals surface area contributed by atoms with Crippen molar-refractivity contribution in [1.82, 2.24) is 3.11 Å². The van der Waals surface area contributed by atoms with Crippen LogP contribution in [-0.2, 0) is 0 Å². The molecule has 0 aromatic rings. The Bertz CT molecular complexity index is 157. The number of piperidine rings is 1. The molecule has 0 saturated carbocycles. The van der Waals surface area contributed by atoms with E-state index in [-0.39, 0.29) is 0 Å². The Labute approximate surface area is 90.4 Å². The van der Waals surface area contributed by atoms with Crippen molar-refractivity contribution in [2.75, 3.05) is 0 Å². The lowest BCUT2D eigenvalue weighted by Gasteiger charge is -2.51. The Morgan fingerprint density at radius 1 is 1.08 bits per heavy atom. The minimum atomic E-state index is 0.363. The van der Waals surface area contributed by atoms with Gasteiger partial charge in [0.1, 0.15) is 0 Å². The summed E-state index contributed by atoms with van der Waals surface area (Å²) in [5.74, 6) is 0.862. The zero-order valence-corrected chi connectivity index (χ0v) is 11.0. The molecule has 0 aliphatic carbocycles. The molecule has 0 atom stereocenters. The molecule has 0 aromatic carbocycles. The van der Waals surface area contributed by atoms with Gasteiger partial charge in [0.15, 0.2) is 0 Å². The standard InChI is InChI=1S/C10H20IN/c1-8-6-9(2,3)12(11)10(4,5)7-8/h8H,6-7H2,1-5H3. The van der Waals surface area contributed by atoms with Crippen molar-refractivity contribution in [3.63, 3.8) is 0 Å². The second-order valence-corrected chi connectivity index (χ2v) is 6.38. The average molecular weight is 281 g/mol. The molecule has 0 radical (unpaired) electrons. The first kappa shape index (κ1) is 10.8. The van der Waals surface area contributed by atoms with Crippen LogP contribution in [0.2, 0.25) is 0 Å². The lowest BCUT2D eigenvalue weighted by atomic mass is 9.77. The minimum absolute atomic E-state index is 0.363. The molecule has 0 N–H and O–H groups in total. The van der Waals surface area contributed by atoms with E-state index in [9.17, 15) is 0 Å². The topological polar surface area (TPSA) is 3.24 Å². The monoisotopic (exact) mass is 281 g/mol. The number of hydrogen-bond acceptors (Lipinski definition) is 1. The van der Waals surface area contributed by atoms with Gasteiger partial charge in [-0.25, -0.2) is 3.11 Å². The molecule has 1 aliphatic heterocycles. The maximum Gasteiger partial charge on any atom is 0.0257 e. The van der Waals surface area contributed by atoms with Gasteiger partial charge in [-0.05, 0) is 46.5 Å². The Kier molecular flexibility index (Phi) is 2.80. The highest BCUT2D eigenvalue weighted by Gasteiger charge is 2.42. The van der Waals surface area contributed by atoms with Crippen LogP contribution in [0.25, 0.3) is 0 Å². The van der Waals surface area contributed by atoms with Gasteiger partial charge in [0.25, 0.3) is 0 Å². The van der Waals surface area contributed by atoms with Crippen molar-refractivity contribution in [2.24, 2.45) is 5.92 Å². The quantitative estimate of drug-likeness (QED) is 0.484. The van der Waals surface area contributed by atoms with Gasteiger partial charge in [-0.15, -0.1) is 0 Å². The van der Waals surface area contributed by atoms with E-state index in [1.807, 2.05) is 0 Å². The van der Waals surface area contributed by atoms with Crippen molar-refractivity contribution in [3.05, 3.63) is 0 Å². The van der Waals surface area contributed by atoms with Gasteiger partial charge < -0.3 is 0 Å². The first-order chi connectivity index (χ1) is 5.26. The molecule has 0 spiro atoms. The third kappa shape index (κ3) is 1.95. The second kappa shape index (κ2) is 3.12. The van der Waals surface area contributed by atoms with Crippen LogP contribution in [0.4, 0.5) is 0 Å². The Morgan fingerprint density at radius 2 is 1.42 bits per heavy atom. The van der Waals surface area contributed by atoms with E-state index < -0.39 is 0 Å². The van der Waals surface area contributed by atoms with Crippen molar-refractivity contribution < 1.29 is 0 Å². The van der Waals surface area contributed by atoms with Crippen LogP contribution < -0.4 is 0 Å². The van der Waals surface area contributed by atoms with Gasteiger partial charge in [0.2, 0.25) is 0 Å². The fraction of sp³-hybridized carbons (Fsp3) is 1.00. The third-order valence-electron chi connectivity index (χ3n) is 2.76. The minimum Gasteiger partial charge on any atom is -0.236 e. The molecule has 0 bridgehead atoms. The molecule has 72 valence electrons. The highest BCUT2D eigenvalue weighted by atomic mass is 127. The summed E-state index contributed by atoms with van der Waals surface area (Å²) in [5, 5.41) is 0. The van der Waals surface area contributed by atoms with E-state index in [2.05, 4.69) is 60.6 Å². The third-order valence-corrected chi connectivity index (χ3v) is 5.37. The predicted octanol–water partition coefficient (Wildman–Crippen LogP) is 3.63. The number of hydrogen-bond donors (Lipinski definition) is 0. The first-order valence-electron chi connectivity index (χ1n) is 4.72. The van der Waals surface area contributed by atoms with Crippen molar-refractivity contribution >= 4 is 22.9 Å². The molecule has 1 fully saturated rings. The van der Waals surface area contributed by atoms with E-state index >= 15 is 0 Å². The summed E-state index contributed by atoms with van der Waals surface area (Å²) >= 11 is 2.49. The Morgan fingerprint density at radius 3 is 1.75 bits per heavy atom. The largest absolute Gasteiger partial charge is 0.236 e. The molecular weight excluding hydrogens is 261 g/mol. The average Bonchev–Trinajstić information content (AvgIpc) is 1.80. The normalized spacial score (nSPS) is 30.5. The van der Waals surface area contributed by atoms with Crippen LogP contribution in [-0.4, -0.2) is 14.2 Å². The van der Waals surface area contributed by atoms with Gasteiger partial charge in [-0.1, -0.05) is 6.92 Å². The molecule has 1 saturated heterocycles. The van der Waals surface area contributed by atoms with E-state index in [0.717, 1.165) is 5.92 Å². The molecule has 0 aromatic heterocycles. The molecule has 0 unspecified atom stereocenters. The number of nitrogens with zero attached hydrogens (tertiary/aromatic N) is 1. The predicted molar refractivity (Wildman–Crippen MR) is 62.4 cm³/mol. The summed E-state index contributed by atoms with van der Waals surface area (Å²) in [6.07, 6.45) is 2.64. The lowest BCUT2D eigenvalue weighted by Crippen LogP contribution is -2.54. The fourth-order valence-corrected chi connectivity index (χ4v) is 3.15. The lowest BCUT2D eigenvalue weighted by molar-refractivity contribution is 0.0544. The molecular formula is C10H20IN. The summed E-state index contributed by atoms with van der Waals surface area (Å²) < 4.78 is 2.50. The highest BCUT2D eigenvalue weighted by Crippen LogP contribution is 2.43. The van der Waals surface area contributed by atoms with Crippen molar-refractivity contribution in [1.29, 1.82) is 0 Å².